The summed E-state index contributed by atoms with van der Waals surface area (Å²) in [6, 6.07) is 0. The van der Waals surface area contributed by atoms with E-state index in [-0.39, 0.29) is 10.9 Å². The minimum absolute atomic E-state index is 0.227. The van der Waals surface area contributed by atoms with Gasteiger partial charge in [0.2, 0.25) is 15.0 Å². The predicted octanol–water partition coefficient (Wildman–Crippen LogP) is -0.844. The minimum Gasteiger partial charge on any atom is -0.370 e. The van der Waals surface area contributed by atoms with Crippen molar-refractivity contribution in [2.75, 3.05) is 6.26 Å². The van der Waals surface area contributed by atoms with E-state index < -0.39 is 9.84 Å². The molecule has 2 rings (SSSR count). The van der Waals surface area contributed by atoms with Gasteiger partial charge >= 0.3 is 0 Å². The molecule has 0 saturated carbocycles. The van der Waals surface area contributed by atoms with E-state index in [0.717, 1.165) is 6.26 Å². The fourth-order valence-corrected chi connectivity index (χ4v) is 1.80. The molecule has 0 spiro atoms. The fraction of sp³-hybridized carbons (Fsp3) is 0.250. The number of nitrogens with zero attached hydrogens (tertiary/aromatic N) is 2. The number of nitrogens with one attached hydrogen (secondary N) is 1. The highest BCUT2D eigenvalue weighted by molar-refractivity contribution is 7.90. The van der Waals surface area contributed by atoms with Gasteiger partial charge < -0.3 is 5.32 Å². The summed E-state index contributed by atoms with van der Waals surface area (Å²) in [5.41, 5.74) is 1.28. The molecule has 1 aromatic heterocycles. The molecular weight excluding hydrogens is 218 g/mol. The van der Waals surface area contributed by atoms with Crippen molar-refractivity contribution in [2.45, 2.75) is 11.7 Å². The third kappa shape index (κ3) is 1.62. The Balaban J connectivity index is 2.61. The summed E-state index contributed by atoms with van der Waals surface area (Å²) in [5.74, 6) is 1.70. The molecule has 7 heteroatoms. The average molecular weight is 225 g/mol. The summed E-state index contributed by atoms with van der Waals surface area (Å²) in [5, 5.41) is 2.52. The van der Waals surface area contributed by atoms with E-state index in [0.29, 0.717) is 17.8 Å². The molecule has 0 amide bonds. The lowest BCUT2D eigenvalue weighted by Gasteiger charge is -1.98. The van der Waals surface area contributed by atoms with Crippen LogP contribution in [-0.2, 0) is 21.2 Å². The SMILES string of the molecule is CS(=O)(=O)c1ncc2c(n1)CNC2=C=O. The summed E-state index contributed by atoms with van der Waals surface area (Å²) < 4.78 is 22.3. The van der Waals surface area contributed by atoms with E-state index in [9.17, 15) is 13.2 Å². The molecule has 1 aliphatic heterocycles. The second kappa shape index (κ2) is 3.15. The number of hydrogen-bond acceptors (Lipinski definition) is 6. The topological polar surface area (TPSA) is 89.0 Å². The number of hydrogen-bond donors (Lipinski definition) is 1. The van der Waals surface area contributed by atoms with Crippen LogP contribution in [0.1, 0.15) is 11.3 Å². The Morgan fingerprint density at radius 1 is 1.53 bits per heavy atom. The Morgan fingerprint density at radius 3 is 2.87 bits per heavy atom. The summed E-state index contributed by atoms with van der Waals surface area (Å²) in [6.45, 7) is 0.324. The van der Waals surface area contributed by atoms with Crippen LogP contribution in [0.2, 0.25) is 0 Å². The monoisotopic (exact) mass is 225 g/mol. The molecule has 78 valence electrons. The molecule has 6 nitrogen and oxygen atoms in total. The molecule has 0 saturated heterocycles. The van der Waals surface area contributed by atoms with Gasteiger partial charge in [0.1, 0.15) is 5.70 Å². The predicted molar refractivity (Wildman–Crippen MR) is 51.1 cm³/mol. The third-order valence-corrected chi connectivity index (χ3v) is 2.84. The molecule has 0 atom stereocenters. The maximum absolute atomic E-state index is 11.2. The molecule has 0 radical (unpaired) electrons. The van der Waals surface area contributed by atoms with E-state index in [1.54, 1.807) is 5.94 Å². The molecule has 1 N–H and O–H groups in total. The highest BCUT2D eigenvalue weighted by Crippen LogP contribution is 2.20. The zero-order valence-electron chi connectivity index (χ0n) is 7.81. The summed E-state index contributed by atoms with van der Waals surface area (Å²) >= 11 is 0. The highest BCUT2D eigenvalue weighted by Gasteiger charge is 2.21. The first-order valence-electron chi connectivity index (χ1n) is 4.07. The Hall–Kier alpha value is -1.72. The first-order valence-corrected chi connectivity index (χ1v) is 5.97. The second-order valence-corrected chi connectivity index (χ2v) is 5.03. The van der Waals surface area contributed by atoms with Crippen LogP contribution in [0, 0.1) is 0 Å². The van der Waals surface area contributed by atoms with Crippen molar-refractivity contribution in [3.8, 4) is 0 Å². The lowest BCUT2D eigenvalue weighted by Crippen LogP contribution is -2.06. The average Bonchev–Trinajstić information content (AvgIpc) is 2.58. The molecule has 0 unspecified atom stereocenters. The smallest absolute Gasteiger partial charge is 0.247 e. The van der Waals surface area contributed by atoms with E-state index in [2.05, 4.69) is 15.3 Å². The van der Waals surface area contributed by atoms with Crippen LogP contribution < -0.4 is 5.32 Å². The maximum atomic E-state index is 11.2. The summed E-state index contributed by atoms with van der Waals surface area (Å²) in [7, 11) is -3.41. The number of rotatable bonds is 1. The number of carbonyl (C=O) groups excluding carboxylic acids is 1. The first-order chi connectivity index (χ1) is 7.02. The molecule has 0 bridgehead atoms. The van der Waals surface area contributed by atoms with Gasteiger partial charge in [-0.3, -0.25) is 0 Å². The zero-order valence-corrected chi connectivity index (χ0v) is 8.63. The third-order valence-electron chi connectivity index (χ3n) is 1.98. The van der Waals surface area contributed by atoms with E-state index in [4.69, 9.17) is 0 Å². The Bertz CT molecular complexity index is 573. The normalized spacial score (nSPS) is 14.3. The van der Waals surface area contributed by atoms with Crippen LogP contribution in [0.5, 0.6) is 0 Å². The van der Waals surface area contributed by atoms with Crippen molar-refractivity contribution in [1.82, 2.24) is 15.3 Å². The number of sulfone groups is 1. The molecule has 0 fully saturated rings. The zero-order chi connectivity index (χ0) is 11.1. The Morgan fingerprint density at radius 2 is 2.27 bits per heavy atom. The molecule has 1 aliphatic rings. The summed E-state index contributed by atoms with van der Waals surface area (Å²) in [6.07, 6.45) is 2.35. The first kappa shape index (κ1) is 9.82. The van der Waals surface area contributed by atoms with Crippen molar-refractivity contribution < 1.29 is 13.2 Å². The molecule has 1 aromatic rings. The largest absolute Gasteiger partial charge is 0.370 e. The van der Waals surface area contributed by atoms with Crippen LogP contribution in [0.25, 0.3) is 5.70 Å². The minimum atomic E-state index is -3.41. The van der Waals surface area contributed by atoms with Crippen LogP contribution >= 0.6 is 0 Å². The van der Waals surface area contributed by atoms with Crippen molar-refractivity contribution >= 4 is 21.5 Å². The van der Waals surface area contributed by atoms with Crippen molar-refractivity contribution in [3.63, 3.8) is 0 Å². The van der Waals surface area contributed by atoms with Gasteiger partial charge in [0.05, 0.1) is 17.8 Å². The van der Waals surface area contributed by atoms with Gasteiger partial charge in [-0.2, -0.15) is 0 Å². The highest BCUT2D eigenvalue weighted by atomic mass is 32.2. The second-order valence-electron chi connectivity index (χ2n) is 3.12. The van der Waals surface area contributed by atoms with E-state index in [1.807, 2.05) is 0 Å². The van der Waals surface area contributed by atoms with Crippen molar-refractivity contribution in [1.29, 1.82) is 0 Å². The van der Waals surface area contributed by atoms with E-state index in [1.165, 1.54) is 6.20 Å². The molecule has 0 aromatic carbocycles. The van der Waals surface area contributed by atoms with Gasteiger partial charge in [0, 0.05) is 12.5 Å². The molecule has 0 aliphatic carbocycles. The van der Waals surface area contributed by atoms with Crippen LogP contribution in [0.3, 0.4) is 0 Å². The van der Waals surface area contributed by atoms with Gasteiger partial charge in [-0.1, -0.05) is 0 Å². The Labute approximate surface area is 86.0 Å². The lowest BCUT2D eigenvalue weighted by molar-refractivity contribution is 0.568. The fourth-order valence-electron chi connectivity index (χ4n) is 1.28. The van der Waals surface area contributed by atoms with Crippen molar-refractivity contribution in [2.24, 2.45) is 0 Å². The summed E-state index contributed by atoms with van der Waals surface area (Å²) in [4.78, 5) is 18.0. The molecular formula is C8H7N3O3S. The van der Waals surface area contributed by atoms with Gasteiger partial charge in [-0.05, 0) is 0 Å². The van der Waals surface area contributed by atoms with Gasteiger partial charge in [0.25, 0.3) is 0 Å². The Kier molecular flexibility index (Phi) is 2.06. The number of fused-ring (bicyclic) bond motifs is 1. The molecule has 15 heavy (non-hydrogen) atoms. The van der Waals surface area contributed by atoms with Gasteiger partial charge in [-0.15, -0.1) is 0 Å². The standard InChI is InChI=1S/C8H7N3O3S/c1-15(13,14)8-10-2-5-6(11-8)3-9-7(5)4-12/h2,9H,3H2,1H3. The maximum Gasteiger partial charge on any atom is 0.247 e. The van der Waals surface area contributed by atoms with Crippen molar-refractivity contribution in [3.05, 3.63) is 17.5 Å². The van der Waals surface area contributed by atoms with Gasteiger partial charge in [0.15, 0.2) is 5.94 Å². The van der Waals surface area contributed by atoms with Gasteiger partial charge in [-0.25, -0.2) is 23.2 Å². The van der Waals surface area contributed by atoms with Crippen LogP contribution in [0.15, 0.2) is 11.4 Å². The molecule has 2 heterocycles. The lowest BCUT2D eigenvalue weighted by atomic mass is 10.2. The number of aromatic nitrogens is 2. The van der Waals surface area contributed by atoms with Crippen LogP contribution in [0.4, 0.5) is 0 Å². The van der Waals surface area contributed by atoms with Crippen LogP contribution in [-0.4, -0.2) is 30.6 Å². The van der Waals surface area contributed by atoms with E-state index >= 15 is 0 Å². The quantitative estimate of drug-likeness (QED) is 0.495.